The van der Waals surface area contributed by atoms with Gasteiger partial charge in [-0.2, -0.15) is 5.26 Å². The van der Waals surface area contributed by atoms with Gasteiger partial charge in [0.1, 0.15) is 5.60 Å². The van der Waals surface area contributed by atoms with E-state index in [4.69, 9.17) is 15.7 Å². The number of halogens is 1. The van der Waals surface area contributed by atoms with E-state index in [9.17, 15) is 4.79 Å². The summed E-state index contributed by atoms with van der Waals surface area (Å²) in [4.78, 5) is 11.8. The van der Waals surface area contributed by atoms with Crippen molar-refractivity contribution in [1.29, 1.82) is 5.26 Å². The molecule has 132 valence electrons. The highest BCUT2D eigenvalue weighted by molar-refractivity contribution is 14.1. The van der Waals surface area contributed by atoms with Gasteiger partial charge >= 0.3 is 6.09 Å². The lowest BCUT2D eigenvalue weighted by Gasteiger charge is -2.27. The molecule has 0 saturated carbocycles. The maximum atomic E-state index is 11.8. The summed E-state index contributed by atoms with van der Waals surface area (Å²) in [5, 5.41) is 15.1. The first kappa shape index (κ1) is 20.4. The Morgan fingerprint density at radius 3 is 2.42 bits per heavy atom. The number of hydrogen-bond donors (Lipinski definition) is 3. The van der Waals surface area contributed by atoms with Gasteiger partial charge in [0.05, 0.1) is 23.0 Å². The van der Waals surface area contributed by atoms with Gasteiger partial charge in [0.2, 0.25) is 0 Å². The average molecular weight is 444 g/mol. The summed E-state index contributed by atoms with van der Waals surface area (Å²) in [6.07, 6.45) is -0.428. The molecule has 24 heavy (non-hydrogen) atoms. The van der Waals surface area contributed by atoms with Crippen LogP contribution >= 0.6 is 22.6 Å². The summed E-state index contributed by atoms with van der Waals surface area (Å²) in [5.74, 6) is 0. The van der Waals surface area contributed by atoms with Crippen LogP contribution in [0.15, 0.2) is 12.1 Å². The SMILES string of the molecule is CC(C)(CNC(=O)OC(C)(C)C)CNc1c(N)cc(C#N)cc1I. The quantitative estimate of drug-likeness (QED) is 0.475. The zero-order valence-electron chi connectivity index (χ0n) is 14.8. The molecule has 6 nitrogen and oxygen atoms in total. The van der Waals surface area contributed by atoms with Crippen LogP contribution in [0, 0.1) is 20.3 Å². The molecule has 0 spiro atoms. The van der Waals surface area contributed by atoms with Gasteiger partial charge in [-0.3, -0.25) is 0 Å². The van der Waals surface area contributed by atoms with Gasteiger partial charge in [0, 0.05) is 16.7 Å². The first-order chi connectivity index (χ1) is 10.9. The molecule has 1 aromatic carbocycles. The van der Waals surface area contributed by atoms with Crippen molar-refractivity contribution in [3.63, 3.8) is 0 Å². The van der Waals surface area contributed by atoms with E-state index in [2.05, 4.69) is 39.3 Å². The first-order valence-electron chi connectivity index (χ1n) is 7.63. The Labute approximate surface area is 157 Å². The number of carbonyl (C=O) groups is 1. The van der Waals surface area contributed by atoms with Gasteiger partial charge in [-0.15, -0.1) is 0 Å². The van der Waals surface area contributed by atoms with Gasteiger partial charge in [-0.25, -0.2) is 4.79 Å². The second kappa shape index (κ2) is 7.92. The normalized spacial score (nSPS) is 11.5. The number of amides is 1. The molecule has 4 N–H and O–H groups in total. The zero-order valence-corrected chi connectivity index (χ0v) is 16.9. The predicted molar refractivity (Wildman–Crippen MR) is 105 cm³/mol. The van der Waals surface area contributed by atoms with Crippen LogP contribution in [-0.2, 0) is 4.74 Å². The molecule has 0 radical (unpaired) electrons. The van der Waals surface area contributed by atoms with Crippen molar-refractivity contribution in [2.75, 3.05) is 24.1 Å². The van der Waals surface area contributed by atoms with Crippen LogP contribution in [0.5, 0.6) is 0 Å². The Morgan fingerprint density at radius 1 is 1.29 bits per heavy atom. The van der Waals surface area contributed by atoms with E-state index in [0.717, 1.165) is 9.26 Å². The number of carbonyl (C=O) groups excluding carboxylic acids is 1. The molecule has 0 aliphatic carbocycles. The lowest BCUT2D eigenvalue weighted by Crippen LogP contribution is -2.40. The summed E-state index contributed by atoms with van der Waals surface area (Å²) in [6, 6.07) is 5.52. The molecule has 0 saturated heterocycles. The summed E-state index contributed by atoms with van der Waals surface area (Å²) in [6.45, 7) is 10.6. The Balaban J connectivity index is 2.63. The third-order valence-corrected chi connectivity index (χ3v) is 3.95. The average Bonchev–Trinajstić information content (AvgIpc) is 2.42. The lowest BCUT2D eigenvalue weighted by atomic mass is 9.93. The summed E-state index contributed by atoms with van der Waals surface area (Å²) in [7, 11) is 0. The third kappa shape index (κ3) is 6.83. The highest BCUT2D eigenvalue weighted by Gasteiger charge is 2.22. The molecule has 0 aromatic heterocycles. The van der Waals surface area contributed by atoms with Crippen LogP contribution in [0.2, 0.25) is 0 Å². The number of nitrogens with two attached hydrogens (primary N) is 1. The van der Waals surface area contributed by atoms with Gasteiger partial charge in [0.25, 0.3) is 0 Å². The van der Waals surface area contributed by atoms with E-state index >= 15 is 0 Å². The number of ether oxygens (including phenoxy) is 1. The van der Waals surface area contributed by atoms with Gasteiger partial charge < -0.3 is 21.1 Å². The molecule has 1 rings (SSSR count). The van der Waals surface area contributed by atoms with Crippen LogP contribution in [0.4, 0.5) is 16.2 Å². The number of anilines is 2. The third-order valence-electron chi connectivity index (χ3n) is 3.10. The minimum Gasteiger partial charge on any atom is -0.444 e. The topological polar surface area (TPSA) is 100 Å². The Morgan fingerprint density at radius 2 is 1.92 bits per heavy atom. The highest BCUT2D eigenvalue weighted by Crippen LogP contribution is 2.28. The van der Waals surface area contributed by atoms with E-state index in [1.807, 2.05) is 34.6 Å². The molecular formula is C17H25IN4O2. The van der Waals surface area contributed by atoms with Crippen molar-refractivity contribution in [3.05, 3.63) is 21.3 Å². The van der Waals surface area contributed by atoms with Crippen molar-refractivity contribution in [2.45, 2.75) is 40.2 Å². The van der Waals surface area contributed by atoms with Crippen LogP contribution < -0.4 is 16.4 Å². The summed E-state index contributed by atoms with van der Waals surface area (Å²) < 4.78 is 6.13. The number of nitrogen functional groups attached to an aromatic ring is 1. The Bertz CT molecular complexity index is 622. The summed E-state index contributed by atoms with van der Waals surface area (Å²) >= 11 is 2.15. The molecule has 1 aromatic rings. The fourth-order valence-electron chi connectivity index (χ4n) is 1.89. The van der Waals surface area contributed by atoms with Crippen LogP contribution in [0.3, 0.4) is 0 Å². The molecule has 0 heterocycles. The molecular weight excluding hydrogens is 419 g/mol. The predicted octanol–water partition coefficient (Wildman–Crippen LogP) is 3.71. The number of rotatable bonds is 5. The van der Waals surface area contributed by atoms with Gasteiger partial charge in [0.15, 0.2) is 0 Å². The number of nitrogens with zero attached hydrogens (tertiary/aromatic N) is 1. The van der Waals surface area contributed by atoms with E-state index in [0.29, 0.717) is 24.3 Å². The van der Waals surface area contributed by atoms with Crippen LogP contribution in [0.1, 0.15) is 40.2 Å². The second-order valence-corrected chi connectivity index (χ2v) is 8.57. The maximum absolute atomic E-state index is 11.8. The van der Waals surface area contributed by atoms with Crippen molar-refractivity contribution in [2.24, 2.45) is 5.41 Å². The Hall–Kier alpha value is -1.69. The largest absolute Gasteiger partial charge is 0.444 e. The Kier molecular flexibility index (Phi) is 6.72. The van der Waals surface area contributed by atoms with E-state index < -0.39 is 11.7 Å². The zero-order chi connectivity index (χ0) is 18.5. The van der Waals surface area contributed by atoms with E-state index in [1.165, 1.54) is 0 Å². The maximum Gasteiger partial charge on any atom is 0.407 e. The monoisotopic (exact) mass is 444 g/mol. The first-order valence-corrected chi connectivity index (χ1v) is 8.71. The highest BCUT2D eigenvalue weighted by atomic mass is 127. The van der Waals surface area contributed by atoms with Crippen molar-refractivity contribution in [3.8, 4) is 6.07 Å². The molecule has 0 aliphatic heterocycles. The van der Waals surface area contributed by atoms with Crippen molar-refractivity contribution < 1.29 is 9.53 Å². The molecule has 0 aliphatic rings. The minimum absolute atomic E-state index is 0.208. The number of benzene rings is 1. The summed E-state index contributed by atoms with van der Waals surface area (Å²) in [5.41, 5.74) is 7.17. The number of nitrogens with one attached hydrogen (secondary N) is 2. The number of alkyl carbamates (subject to hydrolysis) is 1. The lowest BCUT2D eigenvalue weighted by molar-refractivity contribution is 0.0508. The molecule has 0 unspecified atom stereocenters. The fraction of sp³-hybridized carbons (Fsp3) is 0.529. The second-order valence-electron chi connectivity index (χ2n) is 7.41. The standard InChI is InChI=1S/C17H25IN4O2/c1-16(2,3)24-15(23)22-10-17(4,5)9-21-14-12(18)6-11(8-19)7-13(14)20/h6-7,21H,9-10,20H2,1-5H3,(H,22,23). The number of hydrogen-bond acceptors (Lipinski definition) is 5. The van der Waals surface area contributed by atoms with E-state index in [-0.39, 0.29) is 5.41 Å². The molecule has 1 amide bonds. The number of nitriles is 1. The smallest absolute Gasteiger partial charge is 0.407 e. The van der Waals surface area contributed by atoms with Gasteiger partial charge in [-0.1, -0.05) is 13.8 Å². The fourth-order valence-corrected chi connectivity index (χ4v) is 2.73. The van der Waals surface area contributed by atoms with E-state index in [1.54, 1.807) is 12.1 Å². The molecule has 0 fully saturated rings. The van der Waals surface area contributed by atoms with Crippen LogP contribution in [-0.4, -0.2) is 24.8 Å². The molecule has 7 heteroatoms. The van der Waals surface area contributed by atoms with Crippen LogP contribution in [0.25, 0.3) is 0 Å². The van der Waals surface area contributed by atoms with Crippen molar-refractivity contribution in [1.82, 2.24) is 5.32 Å². The minimum atomic E-state index is -0.514. The molecule has 0 bridgehead atoms. The van der Waals surface area contributed by atoms with Crippen molar-refractivity contribution >= 4 is 40.1 Å². The molecule has 0 atom stereocenters. The van der Waals surface area contributed by atoms with Gasteiger partial charge in [-0.05, 0) is 60.9 Å².